The predicted octanol–water partition coefficient (Wildman–Crippen LogP) is 1.51. The number of alkyl carbamates (subject to hydrolysis) is 1. The van der Waals surface area contributed by atoms with Gasteiger partial charge in [0.25, 0.3) is 0 Å². The van der Waals surface area contributed by atoms with Crippen LogP contribution in [-0.4, -0.2) is 73.0 Å². The molecule has 2 amide bonds. The molecule has 4 aliphatic rings. The number of nitrogens with two attached hydrogens (primary N) is 1. The van der Waals surface area contributed by atoms with Crippen LogP contribution < -0.4 is 11.1 Å². The average Bonchev–Trinajstić information content (AvgIpc) is 3.62. The Hall–Kier alpha value is -1.42. The summed E-state index contributed by atoms with van der Waals surface area (Å²) in [6, 6.07) is -0.790. The number of carbonyl (C=O) groups is 2. The molecule has 1 unspecified atom stereocenters. The molecule has 31 heavy (non-hydrogen) atoms. The summed E-state index contributed by atoms with van der Waals surface area (Å²) in [6.45, 7) is 10.5. The highest BCUT2D eigenvalue weighted by molar-refractivity contribution is 5.84. The van der Waals surface area contributed by atoms with Gasteiger partial charge in [-0.2, -0.15) is 0 Å². The van der Waals surface area contributed by atoms with E-state index in [1.165, 1.54) is 0 Å². The minimum Gasteiger partial charge on any atom is -0.443 e. The van der Waals surface area contributed by atoms with Gasteiger partial charge in [-0.25, -0.2) is 4.79 Å². The van der Waals surface area contributed by atoms with Gasteiger partial charge in [0.1, 0.15) is 29.5 Å². The highest BCUT2D eigenvalue weighted by Crippen LogP contribution is 2.60. The van der Waals surface area contributed by atoms with Gasteiger partial charge in [-0.3, -0.25) is 4.79 Å². The first-order chi connectivity index (χ1) is 14.4. The van der Waals surface area contributed by atoms with Gasteiger partial charge in [-0.15, -0.1) is 0 Å². The Kier molecular flexibility index (Phi) is 5.56. The lowest BCUT2D eigenvalue weighted by Gasteiger charge is -2.42. The van der Waals surface area contributed by atoms with Crippen molar-refractivity contribution in [2.24, 2.45) is 17.6 Å². The fourth-order valence-electron chi connectivity index (χ4n) is 5.45. The van der Waals surface area contributed by atoms with Crippen molar-refractivity contribution >= 4 is 12.0 Å². The van der Waals surface area contributed by atoms with Crippen LogP contribution in [0.2, 0.25) is 0 Å². The third-order valence-electron chi connectivity index (χ3n) is 7.59. The molecule has 3 heterocycles. The molecule has 3 N–H and O–H groups in total. The lowest BCUT2D eigenvalue weighted by molar-refractivity contribution is -0.123. The quantitative estimate of drug-likeness (QED) is 0.548. The van der Waals surface area contributed by atoms with Crippen LogP contribution >= 0.6 is 0 Å². The summed E-state index contributed by atoms with van der Waals surface area (Å²) in [7, 11) is 1.63. The molecule has 9 nitrogen and oxygen atoms in total. The topological polar surface area (TPSA) is 128 Å². The number of primary amides is 1. The highest BCUT2D eigenvalue weighted by atomic mass is 16.6. The maximum absolute atomic E-state index is 12.6. The van der Waals surface area contributed by atoms with Crippen LogP contribution in [0, 0.1) is 11.8 Å². The van der Waals surface area contributed by atoms with Crippen molar-refractivity contribution in [2.75, 3.05) is 13.7 Å². The van der Waals surface area contributed by atoms with Gasteiger partial charge < -0.3 is 34.7 Å². The molecule has 3 aliphatic heterocycles. The summed E-state index contributed by atoms with van der Waals surface area (Å²) in [5.41, 5.74) is 4.59. The number of amides is 2. The Labute approximate surface area is 183 Å². The van der Waals surface area contributed by atoms with E-state index in [9.17, 15) is 9.59 Å². The lowest BCUT2D eigenvalue weighted by atomic mass is 9.68. The minimum atomic E-state index is -0.790. The van der Waals surface area contributed by atoms with Crippen molar-refractivity contribution in [2.45, 2.75) is 101 Å². The van der Waals surface area contributed by atoms with Gasteiger partial charge in [-0.05, 0) is 39.5 Å². The van der Waals surface area contributed by atoms with Crippen molar-refractivity contribution in [1.82, 2.24) is 5.32 Å². The Bertz CT molecular complexity index is 737. The summed E-state index contributed by atoms with van der Waals surface area (Å²) >= 11 is 0. The smallest absolute Gasteiger partial charge is 0.408 e. The van der Waals surface area contributed by atoms with Crippen molar-refractivity contribution < 1.29 is 33.3 Å². The number of hydrogen-bond donors (Lipinski definition) is 2. The summed E-state index contributed by atoms with van der Waals surface area (Å²) in [5, 5.41) is 2.60. The fraction of sp³-hybridized carbons (Fsp3) is 0.909. The third kappa shape index (κ3) is 4.17. The first-order valence-corrected chi connectivity index (χ1v) is 11.2. The molecule has 8 atom stereocenters. The summed E-state index contributed by atoms with van der Waals surface area (Å²) in [4.78, 5) is 24.2. The Balaban J connectivity index is 1.44. The van der Waals surface area contributed by atoms with Crippen LogP contribution in [0.3, 0.4) is 0 Å². The van der Waals surface area contributed by atoms with Gasteiger partial charge >= 0.3 is 6.09 Å². The Morgan fingerprint density at radius 2 is 1.84 bits per heavy atom. The van der Waals surface area contributed by atoms with Crippen LogP contribution in [0.15, 0.2) is 0 Å². The van der Waals surface area contributed by atoms with Crippen molar-refractivity contribution in [3.63, 3.8) is 0 Å². The van der Waals surface area contributed by atoms with E-state index in [1.807, 2.05) is 13.8 Å². The SMILES string of the molecule is CO[C@H]1C([C@@]2(C)O[C@@H]2C[C@H]2OC2(C)C)[C@]2(CC[C@H]1OC(=O)N[C@@H](C(N)=O)C(C)C)CO2. The molecule has 0 aromatic rings. The molecule has 1 aliphatic carbocycles. The molecule has 1 saturated carbocycles. The summed E-state index contributed by atoms with van der Waals surface area (Å²) < 4.78 is 29.5. The normalized spacial score (nSPS) is 43.4. The summed E-state index contributed by atoms with van der Waals surface area (Å²) in [5.74, 6) is -0.798. The molecule has 3 saturated heterocycles. The zero-order valence-corrected chi connectivity index (χ0v) is 19.3. The van der Waals surface area contributed by atoms with Gasteiger partial charge in [0.15, 0.2) is 0 Å². The number of nitrogens with one attached hydrogen (secondary N) is 1. The molecule has 0 aromatic heterocycles. The van der Waals surface area contributed by atoms with E-state index in [0.29, 0.717) is 13.0 Å². The maximum atomic E-state index is 12.6. The van der Waals surface area contributed by atoms with E-state index >= 15 is 0 Å². The van der Waals surface area contributed by atoms with E-state index in [-0.39, 0.29) is 41.3 Å². The van der Waals surface area contributed by atoms with Gasteiger partial charge in [-0.1, -0.05) is 13.8 Å². The van der Waals surface area contributed by atoms with E-state index in [0.717, 1.165) is 12.8 Å². The molecule has 0 aromatic carbocycles. The zero-order valence-electron chi connectivity index (χ0n) is 19.3. The standard InChI is InChI=1S/C22H36N2O7/c1-11(2)15(18(23)25)24-19(26)29-12-7-8-22(10-28-22)17(16(12)27-6)21(5)14(31-21)9-13-20(3,4)30-13/h11-17H,7-10H2,1-6H3,(H2,23,25)(H,24,26)/t12-,13-,14-,15-,16-,17?,21+,22+/m1/s1. The van der Waals surface area contributed by atoms with Crippen LogP contribution in [0.5, 0.6) is 0 Å². The number of rotatable bonds is 8. The monoisotopic (exact) mass is 440 g/mol. The van der Waals surface area contributed by atoms with Crippen molar-refractivity contribution in [3.8, 4) is 0 Å². The second-order valence-corrected chi connectivity index (χ2v) is 10.5. The first-order valence-electron chi connectivity index (χ1n) is 11.2. The zero-order chi connectivity index (χ0) is 22.8. The Morgan fingerprint density at radius 1 is 1.19 bits per heavy atom. The van der Waals surface area contributed by atoms with Crippen molar-refractivity contribution in [3.05, 3.63) is 0 Å². The molecule has 9 heteroatoms. The van der Waals surface area contributed by atoms with Gasteiger partial charge in [0.05, 0.1) is 30.3 Å². The second-order valence-electron chi connectivity index (χ2n) is 10.5. The van der Waals surface area contributed by atoms with Crippen LogP contribution in [-0.2, 0) is 28.5 Å². The predicted molar refractivity (Wildman–Crippen MR) is 110 cm³/mol. The van der Waals surface area contributed by atoms with Gasteiger partial charge in [0.2, 0.25) is 5.91 Å². The summed E-state index contributed by atoms with van der Waals surface area (Å²) in [6.07, 6.45) is 0.934. The largest absolute Gasteiger partial charge is 0.443 e. The molecule has 0 radical (unpaired) electrons. The molecule has 1 spiro atoms. The average molecular weight is 441 g/mol. The molecular formula is C22H36N2O7. The van der Waals surface area contributed by atoms with E-state index in [4.69, 9.17) is 29.4 Å². The number of hydrogen-bond acceptors (Lipinski definition) is 7. The molecular weight excluding hydrogens is 404 g/mol. The minimum absolute atomic E-state index is 0.0516. The molecule has 0 bridgehead atoms. The maximum Gasteiger partial charge on any atom is 0.408 e. The second kappa shape index (κ2) is 7.57. The number of carbonyl (C=O) groups excluding carboxylic acids is 2. The number of ether oxygens (including phenoxy) is 5. The highest BCUT2D eigenvalue weighted by Gasteiger charge is 2.73. The molecule has 176 valence electrons. The van der Waals surface area contributed by atoms with Crippen LogP contribution in [0.1, 0.15) is 53.9 Å². The fourth-order valence-corrected chi connectivity index (χ4v) is 5.45. The Morgan fingerprint density at radius 3 is 2.32 bits per heavy atom. The first kappa shape index (κ1) is 22.8. The van der Waals surface area contributed by atoms with Crippen LogP contribution in [0.4, 0.5) is 4.79 Å². The van der Waals surface area contributed by atoms with E-state index < -0.39 is 29.7 Å². The molecule has 4 rings (SSSR count). The number of methoxy groups -OCH3 is 1. The van der Waals surface area contributed by atoms with Crippen LogP contribution in [0.25, 0.3) is 0 Å². The molecule has 4 fully saturated rings. The van der Waals surface area contributed by atoms with Gasteiger partial charge in [0, 0.05) is 13.5 Å². The number of epoxide rings is 3. The third-order valence-corrected chi connectivity index (χ3v) is 7.59. The van der Waals surface area contributed by atoms with Crippen molar-refractivity contribution in [1.29, 1.82) is 0 Å². The lowest BCUT2D eigenvalue weighted by Crippen LogP contribution is -2.57. The van der Waals surface area contributed by atoms with E-state index in [2.05, 4.69) is 26.1 Å². The van der Waals surface area contributed by atoms with E-state index in [1.54, 1.807) is 7.11 Å².